The van der Waals surface area contributed by atoms with Crippen LogP contribution in [0.4, 0.5) is 9.59 Å². The smallest absolute Gasteiger partial charge is 0.420 e. The molecule has 0 aliphatic carbocycles. The molecule has 0 aromatic carbocycles. The van der Waals surface area contributed by atoms with Gasteiger partial charge in [-0.05, 0) is 41.5 Å². The third-order valence-electron chi connectivity index (χ3n) is 1.77. The van der Waals surface area contributed by atoms with Crippen molar-refractivity contribution < 1.29 is 19.1 Å². The van der Waals surface area contributed by atoms with Crippen LogP contribution >= 0.6 is 15.9 Å². The number of allylic oxidation sites excluding steroid dienone is 1. The first-order chi connectivity index (χ1) is 8.96. The van der Waals surface area contributed by atoms with Crippen molar-refractivity contribution in [2.75, 3.05) is 11.9 Å². The van der Waals surface area contributed by atoms with Gasteiger partial charge in [-0.3, -0.25) is 0 Å². The van der Waals surface area contributed by atoms with Crippen LogP contribution in [-0.2, 0) is 9.47 Å². The minimum atomic E-state index is -0.717. The maximum Gasteiger partial charge on any atom is 0.420 e. The molecule has 0 fully saturated rings. The highest BCUT2D eigenvalue weighted by atomic mass is 79.9. The molecule has 0 N–H and O–H groups in total. The quantitative estimate of drug-likeness (QED) is 0.568. The van der Waals surface area contributed by atoms with Crippen LogP contribution in [0.25, 0.3) is 0 Å². The highest BCUT2D eigenvalue weighted by molar-refractivity contribution is 9.09. The topological polar surface area (TPSA) is 55.8 Å². The van der Waals surface area contributed by atoms with E-state index >= 15 is 0 Å². The van der Waals surface area contributed by atoms with Crippen molar-refractivity contribution >= 4 is 28.1 Å². The van der Waals surface area contributed by atoms with E-state index in [1.54, 1.807) is 53.7 Å². The zero-order chi connectivity index (χ0) is 16.0. The number of carbonyl (C=O) groups is 2. The van der Waals surface area contributed by atoms with Crippen LogP contribution in [0.5, 0.6) is 0 Å². The van der Waals surface area contributed by atoms with E-state index in [9.17, 15) is 9.59 Å². The van der Waals surface area contributed by atoms with Gasteiger partial charge in [0.1, 0.15) is 11.2 Å². The third kappa shape index (κ3) is 8.96. The molecule has 5 nitrogen and oxygen atoms in total. The van der Waals surface area contributed by atoms with Gasteiger partial charge in [-0.15, -0.1) is 0 Å². The molecule has 0 radical (unpaired) electrons. The largest absolute Gasteiger partial charge is 0.443 e. The second-order valence-corrected chi connectivity index (χ2v) is 6.84. The fourth-order valence-electron chi connectivity index (χ4n) is 1.10. The molecule has 116 valence electrons. The summed E-state index contributed by atoms with van der Waals surface area (Å²) < 4.78 is 10.4. The van der Waals surface area contributed by atoms with E-state index in [1.165, 1.54) is 0 Å². The van der Waals surface area contributed by atoms with Gasteiger partial charge in [0.25, 0.3) is 0 Å². The summed E-state index contributed by atoms with van der Waals surface area (Å²) in [5.74, 6) is 0. The number of carbonyl (C=O) groups excluding carboxylic acids is 2. The Kier molecular flexibility index (Phi) is 7.27. The molecule has 0 aliphatic heterocycles. The van der Waals surface area contributed by atoms with Crippen molar-refractivity contribution in [3.63, 3.8) is 0 Å². The lowest BCUT2D eigenvalue weighted by molar-refractivity contribution is 0.00374. The molecule has 0 spiro atoms. The SMILES string of the molecule is CC(C)(C)OC(=O)N(C/C=C\CBr)C(=O)OC(C)(C)C. The van der Waals surface area contributed by atoms with E-state index in [1.807, 2.05) is 0 Å². The summed E-state index contributed by atoms with van der Waals surface area (Å²) in [5, 5.41) is 0.642. The normalized spacial score (nSPS) is 12.3. The molecule has 0 unspecified atom stereocenters. The van der Waals surface area contributed by atoms with E-state index in [0.29, 0.717) is 5.33 Å². The number of rotatable bonds is 3. The van der Waals surface area contributed by atoms with Crippen molar-refractivity contribution in [2.45, 2.75) is 52.7 Å². The Morgan fingerprint density at radius 2 is 1.35 bits per heavy atom. The van der Waals surface area contributed by atoms with Crippen molar-refractivity contribution in [2.24, 2.45) is 0 Å². The molecule has 0 heterocycles. The summed E-state index contributed by atoms with van der Waals surface area (Å²) in [6.07, 6.45) is 2.06. The Morgan fingerprint density at radius 1 is 0.950 bits per heavy atom. The first kappa shape index (κ1) is 19.0. The molecule has 0 rings (SSSR count). The first-order valence-electron chi connectivity index (χ1n) is 6.41. The summed E-state index contributed by atoms with van der Waals surface area (Å²) in [5.41, 5.74) is -1.34. The van der Waals surface area contributed by atoms with E-state index in [-0.39, 0.29) is 6.54 Å². The fourth-order valence-corrected chi connectivity index (χ4v) is 1.36. The van der Waals surface area contributed by atoms with Gasteiger partial charge in [0.2, 0.25) is 0 Å². The van der Waals surface area contributed by atoms with Crippen LogP contribution in [0.2, 0.25) is 0 Å². The second-order valence-electron chi connectivity index (χ2n) is 6.20. The Hall–Kier alpha value is -1.04. The minimum Gasteiger partial charge on any atom is -0.443 e. The first-order valence-corrected chi connectivity index (χ1v) is 7.53. The highest BCUT2D eigenvalue weighted by Crippen LogP contribution is 2.14. The molecular weight excluding hydrogens is 326 g/mol. The van der Waals surface area contributed by atoms with Gasteiger partial charge in [0.15, 0.2) is 0 Å². The second kappa shape index (κ2) is 7.67. The standard InChI is InChI=1S/C14H24BrNO4/c1-13(2,3)19-11(17)16(10-8-7-9-15)12(18)20-14(4,5)6/h7-8H,9-10H2,1-6H3/b8-7-. The van der Waals surface area contributed by atoms with Gasteiger partial charge in [0.05, 0.1) is 6.54 Å². The maximum absolute atomic E-state index is 12.0. The van der Waals surface area contributed by atoms with E-state index in [0.717, 1.165) is 4.90 Å². The van der Waals surface area contributed by atoms with E-state index < -0.39 is 23.4 Å². The van der Waals surface area contributed by atoms with Crippen molar-refractivity contribution in [1.82, 2.24) is 4.90 Å². The predicted molar refractivity (Wildman–Crippen MR) is 82.1 cm³/mol. The maximum atomic E-state index is 12.0. The van der Waals surface area contributed by atoms with Crippen LogP contribution in [0.15, 0.2) is 12.2 Å². The van der Waals surface area contributed by atoms with Crippen molar-refractivity contribution in [3.05, 3.63) is 12.2 Å². The van der Waals surface area contributed by atoms with Gasteiger partial charge in [-0.2, -0.15) is 0 Å². The fraction of sp³-hybridized carbons (Fsp3) is 0.714. The molecule has 0 aromatic heterocycles. The number of ether oxygens (including phenoxy) is 2. The summed E-state index contributed by atoms with van der Waals surface area (Å²) in [7, 11) is 0. The molecular formula is C14H24BrNO4. The molecule has 6 heteroatoms. The Morgan fingerprint density at radius 3 is 1.65 bits per heavy atom. The van der Waals surface area contributed by atoms with Gasteiger partial charge in [-0.25, -0.2) is 14.5 Å². The van der Waals surface area contributed by atoms with Gasteiger partial charge in [-0.1, -0.05) is 28.1 Å². The Balaban J connectivity index is 4.93. The summed E-state index contributed by atoms with van der Waals surface area (Å²) in [6, 6.07) is 0. The average molecular weight is 350 g/mol. The third-order valence-corrected chi connectivity index (χ3v) is 2.15. The summed E-state index contributed by atoms with van der Waals surface area (Å²) >= 11 is 3.23. The van der Waals surface area contributed by atoms with Gasteiger partial charge < -0.3 is 9.47 Å². The number of imide groups is 1. The van der Waals surface area contributed by atoms with Crippen molar-refractivity contribution in [1.29, 1.82) is 0 Å². The number of halogens is 1. The van der Waals surface area contributed by atoms with Crippen LogP contribution in [0.3, 0.4) is 0 Å². The van der Waals surface area contributed by atoms with Crippen molar-refractivity contribution in [3.8, 4) is 0 Å². The summed E-state index contributed by atoms with van der Waals surface area (Å²) in [6.45, 7) is 10.6. The number of nitrogens with zero attached hydrogens (tertiary/aromatic N) is 1. The average Bonchev–Trinajstić information content (AvgIpc) is 2.18. The van der Waals surface area contributed by atoms with E-state index in [2.05, 4.69) is 15.9 Å². The molecule has 2 amide bonds. The van der Waals surface area contributed by atoms with Crippen LogP contribution < -0.4 is 0 Å². The lowest BCUT2D eigenvalue weighted by Crippen LogP contribution is -2.43. The van der Waals surface area contributed by atoms with Gasteiger partial charge in [0, 0.05) is 5.33 Å². The monoisotopic (exact) mass is 349 g/mol. The molecule has 0 atom stereocenters. The van der Waals surface area contributed by atoms with E-state index in [4.69, 9.17) is 9.47 Å². The Bertz CT molecular complexity index is 338. The molecule has 0 aromatic rings. The highest BCUT2D eigenvalue weighted by Gasteiger charge is 2.30. The molecule has 0 bridgehead atoms. The van der Waals surface area contributed by atoms with Crippen LogP contribution in [-0.4, -0.2) is 40.2 Å². The Labute approximate surface area is 129 Å². The number of alkyl halides is 1. The molecule has 0 saturated carbocycles. The molecule has 0 aliphatic rings. The number of hydrogen-bond donors (Lipinski definition) is 0. The lowest BCUT2D eigenvalue weighted by atomic mass is 10.2. The molecule has 0 saturated heterocycles. The minimum absolute atomic E-state index is 0.107. The van der Waals surface area contributed by atoms with Gasteiger partial charge >= 0.3 is 12.2 Å². The molecule has 20 heavy (non-hydrogen) atoms. The number of hydrogen-bond acceptors (Lipinski definition) is 4. The summed E-state index contributed by atoms with van der Waals surface area (Å²) in [4.78, 5) is 25.0. The van der Waals surface area contributed by atoms with Crippen LogP contribution in [0, 0.1) is 0 Å². The lowest BCUT2D eigenvalue weighted by Gasteiger charge is -2.28. The zero-order valence-corrected chi connectivity index (χ0v) is 14.6. The van der Waals surface area contributed by atoms with Crippen LogP contribution in [0.1, 0.15) is 41.5 Å². The zero-order valence-electron chi connectivity index (χ0n) is 13.0. The predicted octanol–water partition coefficient (Wildman–Crippen LogP) is 4.11. The number of amides is 2.